The summed E-state index contributed by atoms with van der Waals surface area (Å²) >= 11 is 0. The maximum absolute atomic E-state index is 11.5. The highest BCUT2D eigenvalue weighted by atomic mass is 16.5. The smallest absolute Gasteiger partial charge is 0.444 e. The van der Waals surface area contributed by atoms with Crippen molar-refractivity contribution < 1.29 is 19.6 Å². The number of carbonyl (C=O) groups is 1. The fourth-order valence-electron chi connectivity index (χ4n) is 1.39. The number of aromatic nitrogens is 2. The maximum Gasteiger partial charge on any atom is 0.491 e. The van der Waals surface area contributed by atoms with Gasteiger partial charge in [0.05, 0.1) is 0 Å². The number of rotatable bonds is 4. The highest BCUT2D eigenvalue weighted by molar-refractivity contribution is 6.58. The van der Waals surface area contributed by atoms with Crippen LogP contribution in [0.2, 0.25) is 0 Å². The van der Waals surface area contributed by atoms with Crippen molar-refractivity contribution in [3.8, 4) is 0 Å². The molecule has 0 radical (unpaired) electrons. The Kier molecular flexibility index (Phi) is 4.64. The van der Waals surface area contributed by atoms with Crippen LogP contribution in [0.4, 0.5) is 10.7 Å². The molecule has 20 heavy (non-hydrogen) atoms. The van der Waals surface area contributed by atoms with Crippen LogP contribution in [0.25, 0.3) is 0 Å². The van der Waals surface area contributed by atoms with Crippen molar-refractivity contribution in [1.82, 2.24) is 9.97 Å². The number of hydrogen-bond donors (Lipinski definition) is 3. The minimum atomic E-state index is -1.64. The van der Waals surface area contributed by atoms with E-state index in [2.05, 4.69) is 15.3 Å². The fraction of sp³-hybridized carbons (Fsp3) is 0.0833. The number of nitrogens with one attached hydrogen (secondary N) is 1. The van der Waals surface area contributed by atoms with Crippen LogP contribution in [-0.2, 0) is 11.3 Å². The van der Waals surface area contributed by atoms with Crippen molar-refractivity contribution in [2.45, 2.75) is 6.61 Å². The SMILES string of the molecule is O=C(Nc1ncc(B(O)O)cn1)OCc1ccccc1. The molecule has 0 aliphatic rings. The van der Waals surface area contributed by atoms with Gasteiger partial charge in [-0.25, -0.2) is 14.8 Å². The summed E-state index contributed by atoms with van der Waals surface area (Å²) in [5.74, 6) is 0.0208. The number of hydrogen-bond acceptors (Lipinski definition) is 6. The molecule has 1 heterocycles. The van der Waals surface area contributed by atoms with E-state index in [9.17, 15) is 4.79 Å². The molecule has 102 valence electrons. The third kappa shape index (κ3) is 4.04. The number of carbonyl (C=O) groups excluding carboxylic acids is 1. The van der Waals surface area contributed by atoms with Gasteiger partial charge in [0.1, 0.15) is 6.61 Å². The molecule has 1 aromatic carbocycles. The molecule has 8 heteroatoms. The van der Waals surface area contributed by atoms with Gasteiger partial charge in [-0.2, -0.15) is 0 Å². The highest BCUT2D eigenvalue weighted by Gasteiger charge is 2.12. The molecule has 0 unspecified atom stereocenters. The van der Waals surface area contributed by atoms with Crippen molar-refractivity contribution >= 4 is 24.6 Å². The van der Waals surface area contributed by atoms with E-state index in [1.807, 2.05) is 30.3 Å². The van der Waals surface area contributed by atoms with Crippen molar-refractivity contribution in [2.24, 2.45) is 0 Å². The van der Waals surface area contributed by atoms with Crippen LogP contribution in [0, 0.1) is 0 Å². The van der Waals surface area contributed by atoms with Crippen LogP contribution >= 0.6 is 0 Å². The number of anilines is 1. The van der Waals surface area contributed by atoms with E-state index >= 15 is 0 Å². The van der Waals surface area contributed by atoms with Crippen LogP contribution in [0.3, 0.4) is 0 Å². The first-order valence-electron chi connectivity index (χ1n) is 5.81. The molecular weight excluding hydrogens is 261 g/mol. The van der Waals surface area contributed by atoms with E-state index in [4.69, 9.17) is 14.8 Å². The Hall–Kier alpha value is -2.45. The molecule has 0 aliphatic heterocycles. The molecule has 0 spiro atoms. The monoisotopic (exact) mass is 273 g/mol. The third-order valence-electron chi connectivity index (χ3n) is 2.40. The molecule has 0 fully saturated rings. The Morgan fingerprint density at radius 1 is 1.20 bits per heavy atom. The van der Waals surface area contributed by atoms with E-state index in [1.54, 1.807) is 0 Å². The molecule has 0 saturated heterocycles. The lowest BCUT2D eigenvalue weighted by Crippen LogP contribution is -2.31. The van der Waals surface area contributed by atoms with Crippen LogP contribution in [0.15, 0.2) is 42.7 Å². The summed E-state index contributed by atoms with van der Waals surface area (Å²) in [6, 6.07) is 9.23. The molecule has 3 N–H and O–H groups in total. The molecule has 0 atom stereocenters. The average molecular weight is 273 g/mol. The van der Waals surface area contributed by atoms with Gasteiger partial charge in [0.2, 0.25) is 5.95 Å². The average Bonchev–Trinajstić information content (AvgIpc) is 2.47. The zero-order valence-electron chi connectivity index (χ0n) is 10.4. The van der Waals surface area contributed by atoms with Gasteiger partial charge in [0.25, 0.3) is 0 Å². The summed E-state index contributed by atoms with van der Waals surface area (Å²) in [5, 5.41) is 20.1. The number of ether oxygens (including phenoxy) is 1. The molecule has 1 aromatic heterocycles. The first kappa shape index (κ1) is 14.0. The number of benzene rings is 1. The molecule has 0 aliphatic carbocycles. The first-order valence-corrected chi connectivity index (χ1v) is 5.81. The molecule has 1 amide bonds. The second-order valence-corrected chi connectivity index (χ2v) is 3.90. The quantitative estimate of drug-likeness (QED) is 0.672. The van der Waals surface area contributed by atoms with Crippen LogP contribution in [0.1, 0.15) is 5.56 Å². The Morgan fingerprint density at radius 3 is 2.45 bits per heavy atom. The van der Waals surface area contributed by atoms with Gasteiger partial charge in [0.15, 0.2) is 0 Å². The lowest BCUT2D eigenvalue weighted by atomic mass is 9.83. The predicted octanol–water partition coefficient (Wildman–Crippen LogP) is -0.0949. The van der Waals surface area contributed by atoms with Gasteiger partial charge in [0, 0.05) is 17.9 Å². The minimum absolute atomic E-state index is 0.0208. The summed E-state index contributed by atoms with van der Waals surface area (Å²) in [6.07, 6.45) is 1.71. The summed E-state index contributed by atoms with van der Waals surface area (Å²) < 4.78 is 4.98. The molecule has 0 saturated carbocycles. The third-order valence-corrected chi connectivity index (χ3v) is 2.40. The van der Waals surface area contributed by atoms with Crippen LogP contribution in [0.5, 0.6) is 0 Å². The zero-order valence-corrected chi connectivity index (χ0v) is 10.4. The van der Waals surface area contributed by atoms with Gasteiger partial charge in [-0.05, 0) is 5.56 Å². The Bertz CT molecular complexity index is 563. The molecule has 7 nitrogen and oxygen atoms in total. The van der Waals surface area contributed by atoms with Crippen molar-refractivity contribution in [3.05, 3.63) is 48.3 Å². The van der Waals surface area contributed by atoms with Crippen LogP contribution in [-0.4, -0.2) is 33.2 Å². The fourth-order valence-corrected chi connectivity index (χ4v) is 1.39. The van der Waals surface area contributed by atoms with E-state index < -0.39 is 13.2 Å². The Morgan fingerprint density at radius 2 is 1.85 bits per heavy atom. The van der Waals surface area contributed by atoms with E-state index in [1.165, 1.54) is 12.4 Å². The Labute approximate surface area is 115 Å². The number of nitrogens with zero attached hydrogens (tertiary/aromatic N) is 2. The zero-order chi connectivity index (χ0) is 14.4. The van der Waals surface area contributed by atoms with Gasteiger partial charge in [-0.3, -0.25) is 5.32 Å². The van der Waals surface area contributed by atoms with Gasteiger partial charge >= 0.3 is 13.2 Å². The van der Waals surface area contributed by atoms with Gasteiger partial charge in [-0.1, -0.05) is 30.3 Å². The number of amides is 1. The maximum atomic E-state index is 11.5. The molecular formula is C12H12BN3O4. The largest absolute Gasteiger partial charge is 0.491 e. The standard InChI is InChI=1S/C12H12BN3O4/c17-12(20-8-9-4-2-1-3-5-9)16-11-14-6-10(7-15-11)13(18)19/h1-7,18-19H,8H2,(H,14,15,16,17). The summed E-state index contributed by atoms with van der Waals surface area (Å²) in [5.41, 5.74) is 0.996. The topological polar surface area (TPSA) is 105 Å². The summed E-state index contributed by atoms with van der Waals surface area (Å²) in [7, 11) is -1.64. The normalized spacial score (nSPS) is 9.90. The van der Waals surface area contributed by atoms with E-state index in [0.717, 1.165) is 5.56 Å². The predicted molar refractivity (Wildman–Crippen MR) is 72.1 cm³/mol. The van der Waals surface area contributed by atoms with Crippen molar-refractivity contribution in [3.63, 3.8) is 0 Å². The first-order chi connectivity index (χ1) is 9.65. The van der Waals surface area contributed by atoms with Crippen molar-refractivity contribution in [1.29, 1.82) is 0 Å². The summed E-state index contributed by atoms with van der Waals surface area (Å²) in [4.78, 5) is 19.0. The molecule has 2 aromatic rings. The summed E-state index contributed by atoms with van der Waals surface area (Å²) in [6.45, 7) is 0.139. The molecule has 2 rings (SSSR count). The second-order valence-electron chi connectivity index (χ2n) is 3.90. The van der Waals surface area contributed by atoms with Gasteiger partial charge in [-0.15, -0.1) is 0 Å². The van der Waals surface area contributed by atoms with Crippen LogP contribution < -0.4 is 10.8 Å². The van der Waals surface area contributed by atoms with E-state index in [0.29, 0.717) is 0 Å². The molecule has 0 bridgehead atoms. The lowest BCUT2D eigenvalue weighted by molar-refractivity contribution is 0.155. The highest BCUT2D eigenvalue weighted by Crippen LogP contribution is 2.02. The Balaban J connectivity index is 1.85. The minimum Gasteiger partial charge on any atom is -0.444 e. The van der Waals surface area contributed by atoms with Crippen molar-refractivity contribution in [2.75, 3.05) is 5.32 Å². The lowest BCUT2D eigenvalue weighted by Gasteiger charge is -2.06. The van der Waals surface area contributed by atoms with E-state index in [-0.39, 0.29) is 18.0 Å². The second kappa shape index (κ2) is 6.64. The van der Waals surface area contributed by atoms with Gasteiger partial charge < -0.3 is 14.8 Å².